The van der Waals surface area contributed by atoms with Gasteiger partial charge >= 0.3 is 0 Å². The van der Waals surface area contributed by atoms with Crippen molar-refractivity contribution in [3.8, 4) is 0 Å². The molecular formula is C11H24OSi. The van der Waals surface area contributed by atoms with Crippen LogP contribution < -0.4 is 0 Å². The van der Waals surface area contributed by atoms with Gasteiger partial charge in [-0.3, -0.25) is 0 Å². The van der Waals surface area contributed by atoms with E-state index in [9.17, 15) is 0 Å². The third kappa shape index (κ3) is 8.51. The Morgan fingerprint density at radius 3 is 2.23 bits per heavy atom. The molecule has 0 spiro atoms. The monoisotopic (exact) mass is 200 g/mol. The smallest absolute Gasteiger partial charge is 0.224 e. The molecular weight excluding hydrogens is 176 g/mol. The maximum absolute atomic E-state index is 8.71. The molecule has 0 aromatic carbocycles. The van der Waals surface area contributed by atoms with Gasteiger partial charge in [0.05, 0.1) is 0 Å². The molecule has 0 rings (SSSR count). The van der Waals surface area contributed by atoms with Gasteiger partial charge in [0, 0.05) is 0 Å². The third-order valence-corrected chi connectivity index (χ3v) is 3.18. The van der Waals surface area contributed by atoms with Crippen molar-refractivity contribution in [2.24, 2.45) is 5.41 Å². The average Bonchev–Trinajstić information content (AvgIpc) is 2.05. The van der Waals surface area contributed by atoms with Gasteiger partial charge in [-0.25, -0.2) is 0 Å². The van der Waals surface area contributed by atoms with Gasteiger partial charge in [0.15, 0.2) is 0 Å². The fourth-order valence-electron chi connectivity index (χ4n) is 1.62. The van der Waals surface area contributed by atoms with E-state index in [0.29, 0.717) is 5.41 Å². The quantitative estimate of drug-likeness (QED) is 0.470. The van der Waals surface area contributed by atoms with Crippen LogP contribution in [-0.2, 0) is 0 Å². The minimum absolute atomic E-state index is 0.146. The van der Waals surface area contributed by atoms with Crippen LogP contribution in [0.4, 0.5) is 0 Å². The highest BCUT2D eigenvalue weighted by Gasteiger charge is 2.16. The first kappa shape index (κ1) is 13.2. The van der Waals surface area contributed by atoms with Crippen molar-refractivity contribution in [3.05, 3.63) is 0 Å². The predicted molar refractivity (Wildman–Crippen MR) is 59.9 cm³/mol. The highest BCUT2D eigenvalue weighted by Crippen LogP contribution is 2.29. The largest absolute Gasteiger partial charge is 0.432 e. The van der Waals surface area contributed by atoms with E-state index >= 15 is 0 Å². The molecule has 1 nitrogen and oxygen atoms in total. The van der Waals surface area contributed by atoms with Crippen LogP contribution >= 0.6 is 0 Å². The molecule has 1 N–H and O–H groups in total. The van der Waals surface area contributed by atoms with E-state index < -0.39 is 0 Å². The third-order valence-electron chi connectivity index (χ3n) is 2.60. The molecule has 13 heavy (non-hydrogen) atoms. The van der Waals surface area contributed by atoms with Gasteiger partial charge in [-0.15, -0.1) is 0 Å². The van der Waals surface area contributed by atoms with Gasteiger partial charge < -0.3 is 4.80 Å². The van der Waals surface area contributed by atoms with E-state index in [-0.39, 0.29) is 9.76 Å². The molecule has 0 aliphatic heterocycles. The molecule has 2 heteroatoms. The number of rotatable bonds is 8. The first-order valence-electron chi connectivity index (χ1n) is 5.49. The summed E-state index contributed by atoms with van der Waals surface area (Å²) in [7, 11) is 0.146. The zero-order valence-electron chi connectivity index (χ0n) is 9.40. The zero-order valence-corrected chi connectivity index (χ0v) is 10.4. The summed E-state index contributed by atoms with van der Waals surface area (Å²) >= 11 is 0. The summed E-state index contributed by atoms with van der Waals surface area (Å²) in [6.07, 6.45) is 7.85. The molecule has 0 heterocycles. The molecule has 0 aromatic heterocycles. The minimum atomic E-state index is 0.146. The van der Waals surface area contributed by atoms with Crippen LogP contribution in [0, 0.1) is 5.41 Å². The Hall–Kier alpha value is 0.177. The topological polar surface area (TPSA) is 20.2 Å². The first-order chi connectivity index (χ1) is 6.12. The predicted octanol–water partition coefficient (Wildman–Crippen LogP) is 3.40. The SMILES string of the molecule is CCCCCC(C)(C)CCC[Si]O. The Labute approximate surface area is 85.9 Å². The normalized spacial score (nSPS) is 12.0. The molecule has 0 fully saturated rings. The van der Waals surface area contributed by atoms with Crippen molar-refractivity contribution in [3.63, 3.8) is 0 Å². The highest BCUT2D eigenvalue weighted by molar-refractivity contribution is 6.25. The second kappa shape index (κ2) is 7.57. The Morgan fingerprint density at radius 1 is 1.08 bits per heavy atom. The standard InChI is InChI=1S/C11H24OSi/c1-4-5-6-8-11(2,3)9-7-10-13-12/h12H,4-10H2,1-3H3. The molecule has 0 bridgehead atoms. The van der Waals surface area contributed by atoms with Gasteiger partial charge in [-0.2, -0.15) is 0 Å². The van der Waals surface area contributed by atoms with Crippen LogP contribution in [0.3, 0.4) is 0 Å². The molecule has 0 amide bonds. The van der Waals surface area contributed by atoms with E-state index in [1.165, 1.54) is 38.5 Å². The van der Waals surface area contributed by atoms with Crippen LogP contribution in [-0.4, -0.2) is 14.6 Å². The number of hydrogen-bond acceptors (Lipinski definition) is 1. The molecule has 78 valence electrons. The van der Waals surface area contributed by atoms with Gasteiger partial charge in [0.1, 0.15) is 0 Å². The maximum atomic E-state index is 8.71. The molecule has 0 atom stereocenters. The maximum Gasteiger partial charge on any atom is 0.224 e. The summed E-state index contributed by atoms with van der Waals surface area (Å²) in [5, 5.41) is 0. The first-order valence-corrected chi connectivity index (χ1v) is 6.65. The lowest BCUT2D eigenvalue weighted by atomic mass is 9.83. The van der Waals surface area contributed by atoms with Gasteiger partial charge in [-0.1, -0.05) is 46.5 Å². The van der Waals surface area contributed by atoms with Crippen LogP contribution in [0.5, 0.6) is 0 Å². The fraction of sp³-hybridized carbons (Fsp3) is 1.00. The number of unbranched alkanes of at least 4 members (excludes halogenated alkanes) is 2. The molecule has 0 saturated carbocycles. The molecule has 2 radical (unpaired) electrons. The second-order valence-corrected chi connectivity index (χ2v) is 5.45. The summed E-state index contributed by atoms with van der Waals surface area (Å²) in [4.78, 5) is 8.71. The molecule has 0 saturated heterocycles. The lowest BCUT2D eigenvalue weighted by Gasteiger charge is -2.24. The molecule has 0 aromatic rings. The lowest BCUT2D eigenvalue weighted by Crippen LogP contribution is -2.11. The van der Waals surface area contributed by atoms with Crippen LogP contribution in [0.2, 0.25) is 6.04 Å². The van der Waals surface area contributed by atoms with E-state index in [4.69, 9.17) is 4.80 Å². The summed E-state index contributed by atoms with van der Waals surface area (Å²) in [5.74, 6) is 0. The average molecular weight is 200 g/mol. The highest BCUT2D eigenvalue weighted by atomic mass is 28.2. The van der Waals surface area contributed by atoms with Gasteiger partial charge in [0.25, 0.3) is 0 Å². The van der Waals surface area contributed by atoms with Crippen molar-refractivity contribution in [1.29, 1.82) is 0 Å². The number of hydrogen-bond donors (Lipinski definition) is 1. The van der Waals surface area contributed by atoms with Gasteiger partial charge in [0.2, 0.25) is 9.76 Å². The minimum Gasteiger partial charge on any atom is -0.432 e. The fourth-order valence-corrected chi connectivity index (χ4v) is 1.96. The second-order valence-electron chi connectivity index (χ2n) is 4.63. The Kier molecular flexibility index (Phi) is 7.67. The van der Waals surface area contributed by atoms with Crippen molar-refractivity contribution in [2.75, 3.05) is 0 Å². The van der Waals surface area contributed by atoms with E-state index in [2.05, 4.69) is 20.8 Å². The summed E-state index contributed by atoms with van der Waals surface area (Å²) < 4.78 is 0. The molecule has 0 unspecified atom stereocenters. The van der Waals surface area contributed by atoms with Gasteiger partial charge in [-0.05, 0) is 24.3 Å². The van der Waals surface area contributed by atoms with Crippen LogP contribution in [0.15, 0.2) is 0 Å². The summed E-state index contributed by atoms with van der Waals surface area (Å²) in [6, 6.07) is 0.997. The van der Waals surface area contributed by atoms with E-state index in [1.54, 1.807) is 0 Å². The Bertz CT molecular complexity index is 101. The molecule has 0 aliphatic carbocycles. The van der Waals surface area contributed by atoms with E-state index in [0.717, 1.165) is 6.04 Å². The van der Waals surface area contributed by atoms with Crippen LogP contribution in [0.1, 0.15) is 59.3 Å². The van der Waals surface area contributed by atoms with Crippen molar-refractivity contribution in [1.82, 2.24) is 0 Å². The lowest BCUT2D eigenvalue weighted by molar-refractivity contribution is 0.291. The van der Waals surface area contributed by atoms with Crippen molar-refractivity contribution in [2.45, 2.75) is 65.3 Å². The molecule has 0 aliphatic rings. The Morgan fingerprint density at radius 2 is 1.69 bits per heavy atom. The zero-order chi connectivity index (χ0) is 10.2. The Balaban J connectivity index is 3.42. The van der Waals surface area contributed by atoms with Crippen molar-refractivity contribution < 1.29 is 4.80 Å². The summed E-state index contributed by atoms with van der Waals surface area (Å²) in [5.41, 5.74) is 0.495. The van der Waals surface area contributed by atoms with Crippen LogP contribution in [0.25, 0.3) is 0 Å². The van der Waals surface area contributed by atoms with Crippen molar-refractivity contribution >= 4 is 9.76 Å². The van der Waals surface area contributed by atoms with E-state index in [1.807, 2.05) is 0 Å². The summed E-state index contributed by atoms with van der Waals surface area (Å²) in [6.45, 7) is 6.95.